The first-order valence-corrected chi connectivity index (χ1v) is 10.6. The van der Waals surface area contributed by atoms with Crippen molar-refractivity contribution in [1.29, 1.82) is 0 Å². The van der Waals surface area contributed by atoms with Crippen LogP contribution in [0.3, 0.4) is 0 Å². The van der Waals surface area contributed by atoms with E-state index in [0.717, 1.165) is 17.1 Å². The molecule has 0 unspecified atom stereocenters. The quantitative estimate of drug-likeness (QED) is 0.841. The van der Waals surface area contributed by atoms with E-state index >= 15 is 0 Å². The molecule has 1 heterocycles. The molecule has 1 aliphatic heterocycles. The maximum Gasteiger partial charge on any atom is 0.335 e. The van der Waals surface area contributed by atoms with Crippen LogP contribution < -0.4 is 4.74 Å². The van der Waals surface area contributed by atoms with Gasteiger partial charge >= 0.3 is 5.97 Å². The molecule has 138 valence electrons. The Bertz CT molecular complexity index is 904. The van der Waals surface area contributed by atoms with Crippen molar-refractivity contribution in [3.8, 4) is 16.9 Å². The van der Waals surface area contributed by atoms with Gasteiger partial charge < -0.3 is 9.84 Å². The van der Waals surface area contributed by atoms with E-state index in [0.29, 0.717) is 24.4 Å². The fraction of sp³-hybridized carbons (Fsp3) is 0.278. The first-order valence-electron chi connectivity index (χ1n) is 8.02. The van der Waals surface area contributed by atoms with Crippen LogP contribution in [0.4, 0.5) is 0 Å². The maximum atomic E-state index is 12.9. The van der Waals surface area contributed by atoms with E-state index in [1.165, 1.54) is 22.5 Å². The number of aromatic carboxylic acids is 1. The molecule has 1 fully saturated rings. The van der Waals surface area contributed by atoms with Crippen molar-refractivity contribution in [1.82, 2.24) is 4.31 Å². The zero-order chi connectivity index (χ0) is 18.7. The van der Waals surface area contributed by atoms with Gasteiger partial charge in [-0.2, -0.15) is 16.1 Å². The minimum absolute atomic E-state index is 0.00937. The van der Waals surface area contributed by atoms with E-state index in [2.05, 4.69) is 0 Å². The molecular weight excluding hydrogens is 374 g/mol. The number of hydrogen-bond donors (Lipinski definition) is 1. The highest BCUT2D eigenvalue weighted by Crippen LogP contribution is 2.29. The second kappa shape index (κ2) is 7.69. The van der Waals surface area contributed by atoms with E-state index in [9.17, 15) is 18.3 Å². The van der Waals surface area contributed by atoms with Gasteiger partial charge in [0.2, 0.25) is 10.0 Å². The van der Waals surface area contributed by atoms with Crippen molar-refractivity contribution in [2.45, 2.75) is 4.90 Å². The van der Waals surface area contributed by atoms with E-state index in [-0.39, 0.29) is 10.5 Å². The largest absolute Gasteiger partial charge is 0.497 e. The Morgan fingerprint density at radius 3 is 2.31 bits per heavy atom. The van der Waals surface area contributed by atoms with Crippen LogP contribution in [0.15, 0.2) is 47.4 Å². The molecule has 0 aromatic heterocycles. The Hall–Kier alpha value is -2.03. The number of thioether (sulfide) groups is 1. The minimum Gasteiger partial charge on any atom is -0.497 e. The highest BCUT2D eigenvalue weighted by atomic mass is 32.2. The standard InChI is InChI=1S/C18H19NO5S2/c1-24-16-4-2-13(3-5-16)14-10-15(18(20)21)12-17(11-14)26(22,23)19-6-8-25-9-7-19/h2-5,10-12H,6-9H2,1H3,(H,20,21). The Morgan fingerprint density at radius 1 is 1.08 bits per heavy atom. The molecule has 26 heavy (non-hydrogen) atoms. The molecule has 6 nitrogen and oxygen atoms in total. The zero-order valence-electron chi connectivity index (χ0n) is 14.2. The topological polar surface area (TPSA) is 83.9 Å². The third-order valence-electron chi connectivity index (χ3n) is 4.18. The van der Waals surface area contributed by atoms with Gasteiger partial charge in [0.25, 0.3) is 0 Å². The monoisotopic (exact) mass is 393 g/mol. The number of carboxylic acid groups (broad SMARTS) is 1. The molecule has 8 heteroatoms. The number of nitrogens with zero attached hydrogens (tertiary/aromatic N) is 1. The van der Waals surface area contributed by atoms with Crippen molar-refractivity contribution >= 4 is 27.8 Å². The highest BCUT2D eigenvalue weighted by molar-refractivity contribution is 7.99. The predicted octanol–water partition coefficient (Wildman–Crippen LogP) is 2.80. The average molecular weight is 393 g/mol. The van der Waals surface area contributed by atoms with Crippen LogP contribution >= 0.6 is 11.8 Å². The van der Waals surface area contributed by atoms with Crippen LogP contribution in [0.25, 0.3) is 11.1 Å². The fourth-order valence-corrected chi connectivity index (χ4v) is 5.41. The number of benzene rings is 2. The van der Waals surface area contributed by atoms with Gasteiger partial charge in [-0.15, -0.1) is 0 Å². The lowest BCUT2D eigenvalue weighted by Gasteiger charge is -2.26. The van der Waals surface area contributed by atoms with Crippen molar-refractivity contribution in [3.63, 3.8) is 0 Å². The number of hydrogen-bond acceptors (Lipinski definition) is 5. The molecule has 1 aliphatic rings. The van der Waals surface area contributed by atoms with E-state index in [1.54, 1.807) is 43.1 Å². The molecule has 1 saturated heterocycles. The molecule has 0 amide bonds. The molecule has 2 aromatic rings. The molecule has 2 aromatic carbocycles. The summed E-state index contributed by atoms with van der Waals surface area (Å²) in [5.74, 6) is 0.986. The van der Waals surface area contributed by atoms with Crippen LogP contribution in [0.1, 0.15) is 10.4 Å². The number of carbonyl (C=O) groups is 1. The van der Waals surface area contributed by atoms with E-state index in [1.807, 2.05) is 0 Å². The van der Waals surface area contributed by atoms with Crippen LogP contribution in [0.5, 0.6) is 5.75 Å². The van der Waals surface area contributed by atoms with Crippen molar-refractivity contribution in [2.75, 3.05) is 31.7 Å². The Labute approximate surface area is 156 Å². The smallest absolute Gasteiger partial charge is 0.335 e. The highest BCUT2D eigenvalue weighted by Gasteiger charge is 2.27. The summed E-state index contributed by atoms with van der Waals surface area (Å²) < 4.78 is 32.4. The summed E-state index contributed by atoms with van der Waals surface area (Å²) in [4.78, 5) is 11.5. The van der Waals surface area contributed by atoms with Gasteiger partial charge in [-0.25, -0.2) is 13.2 Å². The first kappa shape index (κ1) is 18.8. The minimum atomic E-state index is -3.73. The number of methoxy groups -OCH3 is 1. The lowest BCUT2D eigenvalue weighted by atomic mass is 10.0. The van der Waals surface area contributed by atoms with Crippen molar-refractivity contribution < 1.29 is 23.1 Å². The maximum absolute atomic E-state index is 12.9. The van der Waals surface area contributed by atoms with Gasteiger partial charge in [-0.3, -0.25) is 0 Å². The van der Waals surface area contributed by atoms with Gasteiger partial charge in [0, 0.05) is 24.6 Å². The molecule has 0 spiro atoms. The lowest BCUT2D eigenvalue weighted by molar-refractivity contribution is 0.0696. The molecular formula is C18H19NO5S2. The normalized spacial score (nSPS) is 15.6. The molecule has 0 aliphatic carbocycles. The first-order chi connectivity index (χ1) is 12.4. The van der Waals surface area contributed by atoms with Gasteiger partial charge in [0.1, 0.15) is 5.75 Å². The molecule has 1 N–H and O–H groups in total. The van der Waals surface area contributed by atoms with Gasteiger partial charge in [0.05, 0.1) is 17.6 Å². The molecule has 0 saturated carbocycles. The second-order valence-electron chi connectivity index (χ2n) is 5.80. The Balaban J connectivity index is 2.07. The summed E-state index contributed by atoms with van der Waals surface area (Å²) in [5, 5.41) is 9.41. The SMILES string of the molecule is COc1ccc(-c2cc(C(=O)O)cc(S(=O)(=O)N3CCSCC3)c2)cc1. The summed E-state index contributed by atoms with van der Waals surface area (Å²) in [6, 6.07) is 11.3. The van der Waals surface area contributed by atoms with Crippen LogP contribution in [-0.2, 0) is 10.0 Å². The number of rotatable bonds is 5. The van der Waals surface area contributed by atoms with E-state index < -0.39 is 16.0 Å². The molecule has 0 bridgehead atoms. The molecule has 3 rings (SSSR count). The number of ether oxygens (including phenoxy) is 1. The summed E-state index contributed by atoms with van der Waals surface area (Å²) in [5.41, 5.74) is 1.21. The second-order valence-corrected chi connectivity index (χ2v) is 8.96. The number of carboxylic acids is 1. The van der Waals surface area contributed by atoms with Crippen LogP contribution in [0.2, 0.25) is 0 Å². The fourth-order valence-electron chi connectivity index (χ4n) is 2.76. The van der Waals surface area contributed by atoms with Gasteiger partial charge in [-0.05, 0) is 41.5 Å². The molecule has 0 atom stereocenters. The predicted molar refractivity (Wildman–Crippen MR) is 101 cm³/mol. The van der Waals surface area contributed by atoms with Crippen molar-refractivity contribution in [3.05, 3.63) is 48.0 Å². The summed E-state index contributed by atoms with van der Waals surface area (Å²) in [6.07, 6.45) is 0. The average Bonchev–Trinajstić information content (AvgIpc) is 2.68. The van der Waals surface area contributed by atoms with Crippen LogP contribution in [0, 0.1) is 0 Å². The summed E-state index contributed by atoms with van der Waals surface area (Å²) in [6.45, 7) is 0.865. The third-order valence-corrected chi connectivity index (χ3v) is 7.00. The zero-order valence-corrected chi connectivity index (χ0v) is 15.8. The van der Waals surface area contributed by atoms with Crippen LogP contribution in [-0.4, -0.2) is 55.5 Å². The van der Waals surface area contributed by atoms with Gasteiger partial charge in [0.15, 0.2) is 0 Å². The Kier molecular flexibility index (Phi) is 5.55. The third kappa shape index (κ3) is 3.87. The summed E-state index contributed by atoms with van der Waals surface area (Å²) in [7, 11) is -2.17. The lowest BCUT2D eigenvalue weighted by Crippen LogP contribution is -2.37. The van der Waals surface area contributed by atoms with Crippen molar-refractivity contribution in [2.24, 2.45) is 0 Å². The van der Waals surface area contributed by atoms with Gasteiger partial charge in [-0.1, -0.05) is 12.1 Å². The van der Waals surface area contributed by atoms with E-state index in [4.69, 9.17) is 4.74 Å². The molecule has 0 radical (unpaired) electrons. The summed E-state index contributed by atoms with van der Waals surface area (Å²) >= 11 is 1.71. The number of sulfonamides is 1. The Morgan fingerprint density at radius 2 is 1.73 bits per heavy atom.